The van der Waals surface area contributed by atoms with E-state index in [-0.39, 0.29) is 36.2 Å². The molecule has 0 aliphatic heterocycles. The van der Waals surface area contributed by atoms with Crippen LogP contribution in [0.4, 0.5) is 0 Å². The van der Waals surface area contributed by atoms with Crippen LogP contribution in [0.3, 0.4) is 0 Å². The second kappa shape index (κ2) is 10.2. The zero-order valence-electron chi connectivity index (χ0n) is 15.2. The summed E-state index contributed by atoms with van der Waals surface area (Å²) in [5.41, 5.74) is 1.18. The highest BCUT2D eigenvalue weighted by molar-refractivity contribution is 5.76. The molecule has 0 bridgehead atoms. The smallest absolute Gasteiger partial charge is 0.310 e. The Bertz CT molecular complexity index is 546. The van der Waals surface area contributed by atoms with Gasteiger partial charge in [-0.25, -0.2) is 0 Å². The molecule has 1 aromatic rings. The Morgan fingerprint density at radius 3 is 2.48 bits per heavy atom. The van der Waals surface area contributed by atoms with Gasteiger partial charge >= 0.3 is 11.9 Å². The van der Waals surface area contributed by atoms with Gasteiger partial charge in [0.2, 0.25) is 0 Å². The average Bonchev–Trinajstić information content (AvgIpc) is 2.61. The van der Waals surface area contributed by atoms with E-state index in [0.29, 0.717) is 19.8 Å². The lowest BCUT2D eigenvalue weighted by atomic mass is 9.74. The van der Waals surface area contributed by atoms with Crippen LogP contribution >= 0.6 is 0 Å². The van der Waals surface area contributed by atoms with Crippen LogP contribution in [0.25, 0.3) is 0 Å². The topological polar surface area (TPSA) is 64.6 Å². The van der Waals surface area contributed by atoms with Crippen molar-refractivity contribution < 1.29 is 19.1 Å². The molecule has 25 heavy (non-hydrogen) atoms. The van der Waals surface area contributed by atoms with Gasteiger partial charge in [-0.2, -0.15) is 0 Å². The second-order valence-corrected chi connectivity index (χ2v) is 6.45. The molecule has 5 nitrogen and oxygen atoms in total. The second-order valence-electron chi connectivity index (χ2n) is 6.45. The minimum absolute atomic E-state index is 0.0208. The van der Waals surface area contributed by atoms with Gasteiger partial charge in [0.15, 0.2) is 0 Å². The van der Waals surface area contributed by atoms with Gasteiger partial charge in [0.1, 0.15) is 0 Å². The Kier molecular flexibility index (Phi) is 7.92. The molecule has 0 amide bonds. The molecule has 0 aromatic heterocycles. The van der Waals surface area contributed by atoms with E-state index >= 15 is 0 Å². The number of benzene rings is 1. The lowest BCUT2D eigenvalue weighted by molar-refractivity contribution is -0.154. The number of ether oxygens (including phenoxy) is 2. The maximum Gasteiger partial charge on any atom is 0.310 e. The third kappa shape index (κ3) is 5.85. The third-order valence-electron chi connectivity index (χ3n) is 4.74. The van der Waals surface area contributed by atoms with E-state index in [1.165, 1.54) is 5.56 Å². The monoisotopic (exact) mass is 347 g/mol. The average molecular weight is 347 g/mol. The fourth-order valence-corrected chi connectivity index (χ4v) is 3.62. The van der Waals surface area contributed by atoms with Crippen LogP contribution in [0.5, 0.6) is 0 Å². The zero-order chi connectivity index (χ0) is 18.1. The van der Waals surface area contributed by atoms with E-state index in [1.807, 2.05) is 25.1 Å². The van der Waals surface area contributed by atoms with Crippen LogP contribution in [-0.2, 0) is 25.6 Å². The van der Waals surface area contributed by atoms with E-state index in [9.17, 15) is 9.59 Å². The van der Waals surface area contributed by atoms with Crippen LogP contribution in [0.15, 0.2) is 30.3 Å². The van der Waals surface area contributed by atoms with Crippen LogP contribution in [-0.4, -0.2) is 31.2 Å². The summed E-state index contributed by atoms with van der Waals surface area (Å²) >= 11 is 0. The largest absolute Gasteiger partial charge is 0.466 e. The normalized spacial score (nSPS) is 23.0. The molecule has 3 atom stereocenters. The predicted octanol–water partition coefficient (Wildman–Crippen LogP) is 3.08. The molecular weight excluding hydrogens is 318 g/mol. The summed E-state index contributed by atoms with van der Waals surface area (Å²) in [6, 6.07) is 10.1. The van der Waals surface area contributed by atoms with Gasteiger partial charge < -0.3 is 14.8 Å². The molecule has 1 fully saturated rings. The fourth-order valence-electron chi connectivity index (χ4n) is 3.62. The van der Waals surface area contributed by atoms with Gasteiger partial charge in [-0.05, 0) is 38.2 Å². The lowest BCUT2D eigenvalue weighted by Crippen LogP contribution is -2.47. The Morgan fingerprint density at radius 2 is 1.80 bits per heavy atom. The third-order valence-corrected chi connectivity index (χ3v) is 4.74. The molecule has 1 aliphatic rings. The summed E-state index contributed by atoms with van der Waals surface area (Å²) in [6.07, 6.45) is 3.04. The first-order valence-corrected chi connectivity index (χ1v) is 9.25. The summed E-state index contributed by atoms with van der Waals surface area (Å²) in [4.78, 5) is 24.5. The van der Waals surface area contributed by atoms with Gasteiger partial charge in [-0.1, -0.05) is 36.8 Å². The van der Waals surface area contributed by atoms with Crippen LogP contribution in [0.1, 0.15) is 45.1 Å². The lowest BCUT2D eigenvalue weighted by Gasteiger charge is -2.36. The number of carbonyl (C=O) groups is 2. The summed E-state index contributed by atoms with van der Waals surface area (Å²) in [6.45, 7) is 5.03. The molecule has 1 N–H and O–H groups in total. The molecule has 5 heteroatoms. The van der Waals surface area contributed by atoms with Gasteiger partial charge in [0.25, 0.3) is 0 Å². The number of esters is 2. The van der Waals surface area contributed by atoms with E-state index in [2.05, 4.69) is 17.4 Å². The first-order valence-electron chi connectivity index (χ1n) is 9.25. The van der Waals surface area contributed by atoms with Crippen molar-refractivity contribution in [1.82, 2.24) is 5.32 Å². The quantitative estimate of drug-likeness (QED) is 0.732. The number of rotatable bonds is 8. The van der Waals surface area contributed by atoms with Crippen molar-refractivity contribution in [2.45, 2.75) is 52.1 Å². The van der Waals surface area contributed by atoms with Crippen molar-refractivity contribution in [1.29, 1.82) is 0 Å². The molecular formula is C20H29NO4. The van der Waals surface area contributed by atoms with Crippen molar-refractivity contribution in [2.24, 2.45) is 11.8 Å². The summed E-state index contributed by atoms with van der Waals surface area (Å²) < 4.78 is 10.4. The van der Waals surface area contributed by atoms with Crippen LogP contribution < -0.4 is 5.32 Å². The standard InChI is InChI=1S/C20H29NO4/c1-3-24-18(22)13-16-11-8-12-17(19(16)20(23)25-4-2)21-14-15-9-6-5-7-10-15/h5-7,9-10,16-17,19,21H,3-4,8,11-14H2,1-2H3/t16-,17-,19-/m1/s1. The van der Waals surface area contributed by atoms with Crippen molar-refractivity contribution in [2.75, 3.05) is 13.2 Å². The number of nitrogens with one attached hydrogen (secondary N) is 1. The Balaban J connectivity index is 2.06. The maximum atomic E-state index is 12.6. The van der Waals surface area contributed by atoms with E-state index in [4.69, 9.17) is 9.47 Å². The molecule has 0 saturated heterocycles. The number of carbonyl (C=O) groups excluding carboxylic acids is 2. The van der Waals surface area contributed by atoms with Crippen LogP contribution in [0.2, 0.25) is 0 Å². The fraction of sp³-hybridized carbons (Fsp3) is 0.600. The first-order chi connectivity index (χ1) is 12.2. The Morgan fingerprint density at radius 1 is 1.08 bits per heavy atom. The minimum atomic E-state index is -0.304. The molecule has 2 rings (SSSR count). The van der Waals surface area contributed by atoms with Gasteiger partial charge in [-0.3, -0.25) is 9.59 Å². The van der Waals surface area contributed by atoms with E-state index < -0.39 is 0 Å². The predicted molar refractivity (Wildman–Crippen MR) is 95.8 cm³/mol. The molecule has 1 saturated carbocycles. The SMILES string of the molecule is CCOC(=O)C[C@H]1CCC[C@@H](NCc2ccccc2)[C@@H]1C(=O)OCC. The molecule has 0 radical (unpaired) electrons. The van der Waals surface area contributed by atoms with Crippen molar-refractivity contribution in [3.05, 3.63) is 35.9 Å². The molecule has 0 spiro atoms. The Labute approximate surface area is 150 Å². The molecule has 0 unspecified atom stereocenters. The van der Waals surface area contributed by atoms with Crippen molar-refractivity contribution in [3.63, 3.8) is 0 Å². The summed E-state index contributed by atoms with van der Waals surface area (Å²) in [7, 11) is 0. The molecule has 0 heterocycles. The molecule has 1 aliphatic carbocycles. The highest BCUT2D eigenvalue weighted by Crippen LogP contribution is 2.34. The summed E-state index contributed by atoms with van der Waals surface area (Å²) in [5.74, 6) is -0.769. The highest BCUT2D eigenvalue weighted by atomic mass is 16.5. The minimum Gasteiger partial charge on any atom is -0.466 e. The van der Waals surface area contributed by atoms with E-state index in [1.54, 1.807) is 6.92 Å². The summed E-state index contributed by atoms with van der Waals surface area (Å²) in [5, 5.41) is 3.51. The zero-order valence-corrected chi connectivity index (χ0v) is 15.2. The highest BCUT2D eigenvalue weighted by Gasteiger charge is 2.40. The molecule has 1 aromatic carbocycles. The number of hydrogen-bond acceptors (Lipinski definition) is 5. The van der Waals surface area contributed by atoms with Gasteiger partial charge in [-0.15, -0.1) is 0 Å². The molecule has 138 valence electrons. The number of hydrogen-bond donors (Lipinski definition) is 1. The maximum absolute atomic E-state index is 12.6. The Hall–Kier alpha value is -1.88. The van der Waals surface area contributed by atoms with Crippen molar-refractivity contribution >= 4 is 11.9 Å². The van der Waals surface area contributed by atoms with Gasteiger partial charge in [0, 0.05) is 19.0 Å². The van der Waals surface area contributed by atoms with Gasteiger partial charge in [0.05, 0.1) is 19.1 Å². The van der Waals surface area contributed by atoms with Crippen LogP contribution in [0, 0.1) is 11.8 Å². The van der Waals surface area contributed by atoms with E-state index in [0.717, 1.165) is 19.3 Å². The van der Waals surface area contributed by atoms with Crippen molar-refractivity contribution in [3.8, 4) is 0 Å². The first kappa shape index (κ1) is 19.4.